The van der Waals surface area contributed by atoms with Gasteiger partial charge < -0.3 is 14.6 Å². The standard InChI is InChI=1S/C17H23BrO4/c1-11(2)22-15-13(21-3)8-7-12(18)14(15)17(16(19)20)9-5-4-6-10-17/h7-8,11H,4-6,9-10H2,1-3H3,(H,19,20). The van der Waals surface area contributed by atoms with E-state index in [0.717, 1.165) is 23.7 Å². The van der Waals surface area contributed by atoms with Crippen molar-refractivity contribution in [3.63, 3.8) is 0 Å². The monoisotopic (exact) mass is 370 g/mol. The van der Waals surface area contributed by atoms with Gasteiger partial charge in [0.1, 0.15) is 0 Å². The number of rotatable bonds is 5. The molecule has 2 rings (SSSR count). The summed E-state index contributed by atoms with van der Waals surface area (Å²) in [6, 6.07) is 3.66. The molecule has 1 fully saturated rings. The molecule has 1 N–H and O–H groups in total. The average Bonchev–Trinajstić information content (AvgIpc) is 2.47. The van der Waals surface area contributed by atoms with E-state index in [-0.39, 0.29) is 6.10 Å². The fraction of sp³-hybridized carbons (Fsp3) is 0.588. The zero-order valence-electron chi connectivity index (χ0n) is 13.3. The zero-order chi connectivity index (χ0) is 16.3. The quantitative estimate of drug-likeness (QED) is 0.826. The molecule has 4 nitrogen and oxygen atoms in total. The Morgan fingerprint density at radius 2 is 1.91 bits per heavy atom. The van der Waals surface area contributed by atoms with Gasteiger partial charge in [0.15, 0.2) is 11.5 Å². The normalized spacial score (nSPS) is 17.3. The van der Waals surface area contributed by atoms with E-state index in [0.29, 0.717) is 29.9 Å². The molecule has 0 aromatic heterocycles. The number of ether oxygens (including phenoxy) is 2. The SMILES string of the molecule is COc1ccc(Br)c(C2(C(=O)O)CCCCC2)c1OC(C)C. The van der Waals surface area contributed by atoms with Crippen molar-refractivity contribution in [3.05, 3.63) is 22.2 Å². The van der Waals surface area contributed by atoms with Gasteiger partial charge in [-0.05, 0) is 38.8 Å². The summed E-state index contributed by atoms with van der Waals surface area (Å²) in [6.07, 6.45) is 4.10. The maximum absolute atomic E-state index is 12.1. The topological polar surface area (TPSA) is 55.8 Å². The van der Waals surface area contributed by atoms with Crippen molar-refractivity contribution in [1.82, 2.24) is 0 Å². The molecule has 5 heteroatoms. The molecular weight excluding hydrogens is 348 g/mol. The zero-order valence-corrected chi connectivity index (χ0v) is 14.9. The lowest BCUT2D eigenvalue weighted by Gasteiger charge is -2.36. The van der Waals surface area contributed by atoms with Crippen molar-refractivity contribution in [2.24, 2.45) is 0 Å². The van der Waals surface area contributed by atoms with Gasteiger partial charge in [0.05, 0.1) is 18.6 Å². The predicted octanol–water partition coefficient (Wildman–Crippen LogP) is 4.53. The van der Waals surface area contributed by atoms with Crippen molar-refractivity contribution >= 4 is 21.9 Å². The van der Waals surface area contributed by atoms with Gasteiger partial charge in [-0.1, -0.05) is 35.2 Å². The van der Waals surface area contributed by atoms with Crippen molar-refractivity contribution in [1.29, 1.82) is 0 Å². The Balaban J connectivity index is 2.67. The van der Waals surface area contributed by atoms with Gasteiger partial charge in [-0.15, -0.1) is 0 Å². The molecule has 0 heterocycles. The lowest BCUT2D eigenvalue weighted by Crippen LogP contribution is -2.38. The van der Waals surface area contributed by atoms with Crippen LogP contribution in [0.15, 0.2) is 16.6 Å². The minimum Gasteiger partial charge on any atom is -0.493 e. The first-order valence-electron chi connectivity index (χ1n) is 7.69. The van der Waals surface area contributed by atoms with E-state index < -0.39 is 11.4 Å². The highest BCUT2D eigenvalue weighted by molar-refractivity contribution is 9.10. The van der Waals surface area contributed by atoms with Gasteiger partial charge in [0.2, 0.25) is 0 Å². The van der Waals surface area contributed by atoms with E-state index in [4.69, 9.17) is 9.47 Å². The molecule has 0 bridgehead atoms. The van der Waals surface area contributed by atoms with E-state index in [1.54, 1.807) is 7.11 Å². The Morgan fingerprint density at radius 1 is 1.27 bits per heavy atom. The third-order valence-electron chi connectivity index (χ3n) is 4.24. The fourth-order valence-corrected chi connectivity index (χ4v) is 3.92. The van der Waals surface area contributed by atoms with Crippen LogP contribution in [0.5, 0.6) is 11.5 Å². The van der Waals surface area contributed by atoms with Crippen LogP contribution in [0.1, 0.15) is 51.5 Å². The maximum Gasteiger partial charge on any atom is 0.314 e. The smallest absolute Gasteiger partial charge is 0.314 e. The highest BCUT2D eigenvalue weighted by Crippen LogP contribution is 2.50. The minimum absolute atomic E-state index is 0.0589. The molecule has 1 aliphatic rings. The lowest BCUT2D eigenvalue weighted by molar-refractivity contribution is -0.145. The molecule has 1 aromatic rings. The van der Waals surface area contributed by atoms with E-state index in [9.17, 15) is 9.90 Å². The van der Waals surface area contributed by atoms with Crippen LogP contribution in [0, 0.1) is 0 Å². The van der Waals surface area contributed by atoms with Crippen molar-refractivity contribution in [3.8, 4) is 11.5 Å². The summed E-state index contributed by atoms with van der Waals surface area (Å²) in [5, 5.41) is 9.97. The third kappa shape index (κ3) is 3.09. The van der Waals surface area contributed by atoms with Crippen molar-refractivity contribution in [2.75, 3.05) is 7.11 Å². The van der Waals surface area contributed by atoms with Gasteiger partial charge >= 0.3 is 5.97 Å². The number of benzene rings is 1. The molecule has 0 atom stereocenters. The summed E-state index contributed by atoms with van der Waals surface area (Å²) in [5.74, 6) is 0.351. The molecule has 1 saturated carbocycles. The van der Waals surface area contributed by atoms with Crippen LogP contribution < -0.4 is 9.47 Å². The van der Waals surface area contributed by atoms with Gasteiger partial charge in [-0.3, -0.25) is 4.79 Å². The molecule has 0 saturated heterocycles. The average molecular weight is 371 g/mol. The molecule has 1 aromatic carbocycles. The van der Waals surface area contributed by atoms with Gasteiger partial charge in [-0.25, -0.2) is 0 Å². The number of carbonyl (C=O) groups is 1. The Labute approximate surface area is 139 Å². The summed E-state index contributed by atoms with van der Waals surface area (Å²) >= 11 is 3.54. The molecule has 1 aliphatic carbocycles. The van der Waals surface area contributed by atoms with E-state index in [2.05, 4.69) is 15.9 Å². The second-order valence-corrected chi connectivity index (χ2v) is 6.92. The Morgan fingerprint density at radius 3 is 2.41 bits per heavy atom. The van der Waals surface area contributed by atoms with Crippen LogP contribution in [0.3, 0.4) is 0 Å². The van der Waals surface area contributed by atoms with E-state index in [1.807, 2.05) is 26.0 Å². The van der Waals surface area contributed by atoms with E-state index in [1.165, 1.54) is 0 Å². The number of carboxylic acids is 1. The number of hydrogen-bond acceptors (Lipinski definition) is 3. The van der Waals surface area contributed by atoms with E-state index >= 15 is 0 Å². The predicted molar refractivity (Wildman–Crippen MR) is 88.9 cm³/mol. The van der Waals surface area contributed by atoms with Crippen LogP contribution in [0.2, 0.25) is 0 Å². The van der Waals surface area contributed by atoms with Crippen molar-refractivity contribution in [2.45, 2.75) is 57.5 Å². The second-order valence-electron chi connectivity index (χ2n) is 6.07. The minimum atomic E-state index is -0.907. The summed E-state index contributed by atoms with van der Waals surface area (Å²) in [7, 11) is 1.58. The second kappa shape index (κ2) is 6.90. The Bertz CT molecular complexity index is 548. The van der Waals surface area contributed by atoms with Crippen LogP contribution in [-0.2, 0) is 10.2 Å². The van der Waals surface area contributed by atoms with Gasteiger partial charge in [-0.2, -0.15) is 0 Å². The first-order chi connectivity index (χ1) is 10.4. The summed E-state index contributed by atoms with van der Waals surface area (Å²) in [5.41, 5.74) is -0.191. The van der Waals surface area contributed by atoms with Crippen molar-refractivity contribution < 1.29 is 19.4 Å². The largest absolute Gasteiger partial charge is 0.493 e. The number of methoxy groups -OCH3 is 1. The van der Waals surface area contributed by atoms with Crippen LogP contribution >= 0.6 is 15.9 Å². The molecule has 122 valence electrons. The number of aliphatic carboxylic acids is 1. The summed E-state index contributed by atoms with van der Waals surface area (Å²) in [6.45, 7) is 3.86. The summed E-state index contributed by atoms with van der Waals surface area (Å²) in [4.78, 5) is 12.1. The molecule has 0 radical (unpaired) electrons. The molecule has 0 spiro atoms. The number of carboxylic acid groups (broad SMARTS) is 1. The molecule has 0 aliphatic heterocycles. The van der Waals surface area contributed by atoms with Gasteiger partial charge in [0.25, 0.3) is 0 Å². The highest BCUT2D eigenvalue weighted by Gasteiger charge is 2.45. The third-order valence-corrected chi connectivity index (χ3v) is 4.90. The lowest BCUT2D eigenvalue weighted by atomic mass is 9.69. The maximum atomic E-state index is 12.1. The van der Waals surface area contributed by atoms with Gasteiger partial charge in [0, 0.05) is 10.0 Å². The first-order valence-corrected chi connectivity index (χ1v) is 8.48. The molecular formula is C17H23BrO4. The molecule has 0 amide bonds. The van der Waals surface area contributed by atoms with Crippen LogP contribution in [0.25, 0.3) is 0 Å². The fourth-order valence-electron chi connectivity index (χ4n) is 3.23. The molecule has 22 heavy (non-hydrogen) atoms. The Kier molecular flexibility index (Phi) is 5.37. The van der Waals surface area contributed by atoms with Crippen LogP contribution in [-0.4, -0.2) is 24.3 Å². The highest BCUT2D eigenvalue weighted by atomic mass is 79.9. The number of hydrogen-bond donors (Lipinski definition) is 1. The summed E-state index contributed by atoms with van der Waals surface area (Å²) < 4.78 is 12.1. The first kappa shape index (κ1) is 17.1. The molecule has 0 unspecified atom stereocenters. The van der Waals surface area contributed by atoms with Crippen LogP contribution in [0.4, 0.5) is 0 Å². The number of halogens is 1. The Hall–Kier alpha value is -1.23.